The first-order chi connectivity index (χ1) is 26.3. The van der Waals surface area contributed by atoms with E-state index in [4.69, 9.17) is 9.47 Å². The van der Waals surface area contributed by atoms with Crippen molar-refractivity contribution in [3.8, 4) is 23.0 Å². The van der Waals surface area contributed by atoms with Crippen molar-refractivity contribution in [3.05, 3.63) is 115 Å². The van der Waals surface area contributed by atoms with E-state index < -0.39 is 27.9 Å². The van der Waals surface area contributed by atoms with E-state index in [1.54, 1.807) is 0 Å². The Kier molecular flexibility index (Phi) is 12.4. The second-order valence-electron chi connectivity index (χ2n) is 20.1. The molecule has 12 heteroatoms. The molecule has 0 saturated carbocycles. The van der Waals surface area contributed by atoms with Gasteiger partial charge < -0.3 is 39.3 Å². The largest absolute Gasteiger partial charge is 0.507 e. The van der Waals surface area contributed by atoms with Crippen LogP contribution in [0.15, 0.2) is 48.5 Å². The van der Waals surface area contributed by atoms with E-state index in [9.17, 15) is 38.9 Å². The molecular formula is C46H62O10P2. The number of aromatic hydroxyl groups is 2. The average Bonchev–Trinajstić information content (AvgIpc) is 3.03. The highest BCUT2D eigenvalue weighted by atomic mass is 31.2. The molecule has 4 aromatic rings. The van der Waals surface area contributed by atoms with E-state index in [2.05, 4.69) is 83.1 Å². The molecule has 0 atom stereocenters. The first-order valence-corrected chi connectivity index (χ1v) is 23.3. The molecule has 0 saturated heterocycles. The van der Waals surface area contributed by atoms with Crippen LogP contribution in [0, 0.1) is 0 Å². The zero-order chi connectivity index (χ0) is 43.6. The summed E-state index contributed by atoms with van der Waals surface area (Å²) < 4.78 is 36.9. The average molecular weight is 837 g/mol. The van der Waals surface area contributed by atoms with E-state index >= 15 is 0 Å². The number of fused-ring (bicyclic) bond motifs is 8. The van der Waals surface area contributed by atoms with Crippen LogP contribution in [-0.4, -0.2) is 42.5 Å². The predicted octanol–water partition coefficient (Wildman–Crippen LogP) is 9.99. The molecule has 8 bridgehead atoms. The van der Waals surface area contributed by atoms with E-state index in [1.807, 2.05) is 48.5 Å². The summed E-state index contributed by atoms with van der Waals surface area (Å²) in [6, 6.07) is 15.7. The Morgan fingerprint density at radius 2 is 0.603 bits per heavy atom. The van der Waals surface area contributed by atoms with Crippen LogP contribution in [0.2, 0.25) is 0 Å². The lowest BCUT2D eigenvalue weighted by molar-refractivity contribution is 0.297. The minimum atomic E-state index is -4.63. The fraction of sp³-hybridized carbons (Fsp3) is 0.478. The predicted molar refractivity (Wildman–Crippen MR) is 230 cm³/mol. The van der Waals surface area contributed by atoms with Crippen molar-refractivity contribution in [2.75, 3.05) is 12.7 Å². The van der Waals surface area contributed by atoms with Crippen molar-refractivity contribution in [3.63, 3.8) is 0 Å². The maximum Gasteiger partial charge on any atom is 0.362 e. The van der Waals surface area contributed by atoms with Crippen LogP contribution in [-0.2, 0) is 56.5 Å². The van der Waals surface area contributed by atoms with Crippen molar-refractivity contribution in [2.45, 2.75) is 130 Å². The fourth-order valence-electron chi connectivity index (χ4n) is 7.31. The fourth-order valence-corrected chi connectivity index (χ4v) is 7.91. The molecule has 10 nitrogen and oxygen atoms in total. The first-order valence-electron chi connectivity index (χ1n) is 19.7. The second-order valence-corrected chi connectivity index (χ2v) is 23.3. The van der Waals surface area contributed by atoms with E-state index in [-0.39, 0.29) is 70.3 Å². The van der Waals surface area contributed by atoms with Gasteiger partial charge in [-0.2, -0.15) is 0 Å². The van der Waals surface area contributed by atoms with E-state index in [0.29, 0.717) is 44.5 Å². The third-order valence-electron chi connectivity index (χ3n) is 10.8. The number of ether oxygens (including phenoxy) is 2. The Balaban J connectivity index is 1.97. The third-order valence-corrected chi connectivity index (χ3v) is 11.7. The maximum absolute atomic E-state index is 12.3. The molecule has 0 spiro atoms. The summed E-state index contributed by atoms with van der Waals surface area (Å²) in [7, 11) is -9.26. The highest BCUT2D eigenvalue weighted by molar-refractivity contribution is 7.51. The van der Waals surface area contributed by atoms with Crippen molar-refractivity contribution in [2.24, 2.45) is 0 Å². The smallest absolute Gasteiger partial charge is 0.362 e. The summed E-state index contributed by atoms with van der Waals surface area (Å²) in [4.78, 5) is 40.1. The molecule has 0 heterocycles. The van der Waals surface area contributed by atoms with Crippen molar-refractivity contribution < 1.29 is 48.4 Å². The molecule has 1 aliphatic rings. The van der Waals surface area contributed by atoms with Crippen LogP contribution >= 0.6 is 15.2 Å². The monoisotopic (exact) mass is 836 g/mol. The molecule has 0 fully saturated rings. The van der Waals surface area contributed by atoms with Gasteiger partial charge in [-0.1, -0.05) is 132 Å². The molecule has 5 rings (SSSR count). The molecule has 0 unspecified atom stereocenters. The number of hydrogen-bond acceptors (Lipinski definition) is 6. The Labute approximate surface area is 344 Å². The lowest BCUT2D eigenvalue weighted by Crippen LogP contribution is -2.17. The van der Waals surface area contributed by atoms with Gasteiger partial charge in [0.2, 0.25) is 0 Å². The van der Waals surface area contributed by atoms with Gasteiger partial charge in [-0.25, -0.2) is 0 Å². The quantitative estimate of drug-likeness (QED) is 0.0904. The van der Waals surface area contributed by atoms with Crippen LogP contribution in [0.4, 0.5) is 0 Å². The van der Waals surface area contributed by atoms with Gasteiger partial charge in [-0.15, -0.1) is 0 Å². The SMILES string of the molecule is CC(C)(C)c1cc2c(O)c(c1)Cc1cc(C(C)(C)C)cc(c1OCP(=O)(O)O)Cc1cc(C(C)(C)C)cc(c1O)Cc1cc(C(C)(C)C)cc(c1OCP(=O)(O)O)C2. The highest BCUT2D eigenvalue weighted by Crippen LogP contribution is 2.46. The van der Waals surface area contributed by atoms with Crippen LogP contribution in [0.1, 0.15) is 150 Å². The molecule has 0 aromatic heterocycles. The number of benzene rings is 4. The summed E-state index contributed by atoms with van der Waals surface area (Å²) in [6.45, 7) is 24.9. The van der Waals surface area contributed by atoms with Gasteiger partial charge in [0.05, 0.1) is 0 Å². The minimum Gasteiger partial charge on any atom is -0.507 e. The van der Waals surface area contributed by atoms with Gasteiger partial charge >= 0.3 is 15.2 Å². The van der Waals surface area contributed by atoms with Gasteiger partial charge in [0.1, 0.15) is 23.0 Å². The number of rotatable bonds is 6. The molecular weight excluding hydrogens is 774 g/mol. The van der Waals surface area contributed by atoms with Crippen LogP contribution in [0.3, 0.4) is 0 Å². The molecule has 1 aliphatic carbocycles. The standard InChI is InChI=1S/C46H62O10P2/c1-43(2,3)35-17-27-13-31-21-37(45(7,8)9)23-33(41(31)55-25-57(49,50)51)15-29-19-36(44(4,5)6)20-30(40(29)48)16-34-24-38(46(10,11)12)22-32(14-28(18-35)39(27)47)42(34)56-26-58(52,53)54/h17-24,47-48H,13-16,25-26H2,1-12H3,(H2,49,50,51)(H2,52,53,54). The van der Waals surface area contributed by atoms with Crippen LogP contribution in [0.5, 0.6) is 23.0 Å². The molecule has 316 valence electrons. The first kappa shape index (κ1) is 45.5. The second kappa shape index (κ2) is 15.8. The molecule has 4 aromatic carbocycles. The summed E-state index contributed by atoms with van der Waals surface area (Å²) in [5.74, 6) is 0.594. The normalized spacial score (nSPS) is 14.3. The van der Waals surface area contributed by atoms with E-state index in [1.165, 1.54) is 0 Å². The Hall–Kier alpha value is -3.62. The highest BCUT2D eigenvalue weighted by Gasteiger charge is 2.30. The van der Waals surface area contributed by atoms with Crippen molar-refractivity contribution in [1.82, 2.24) is 0 Å². The Morgan fingerprint density at radius 3 is 0.776 bits per heavy atom. The van der Waals surface area contributed by atoms with Gasteiger partial charge in [-0.3, -0.25) is 9.13 Å². The molecule has 0 radical (unpaired) electrons. The summed E-state index contributed by atoms with van der Waals surface area (Å²) in [6.07, 6.45) is -1.14. The van der Waals surface area contributed by atoms with Crippen molar-refractivity contribution >= 4 is 15.2 Å². The maximum atomic E-state index is 12.3. The van der Waals surface area contributed by atoms with Gasteiger partial charge in [0, 0.05) is 25.7 Å². The van der Waals surface area contributed by atoms with Crippen LogP contribution in [0.25, 0.3) is 0 Å². The number of hydrogen-bond donors (Lipinski definition) is 6. The van der Waals surface area contributed by atoms with E-state index in [0.717, 1.165) is 22.3 Å². The summed E-state index contributed by atoms with van der Waals surface area (Å²) in [5, 5.41) is 24.5. The molecule has 6 N–H and O–H groups in total. The third kappa shape index (κ3) is 10.9. The number of phenolic OH excluding ortho intramolecular Hbond substituents is 2. The molecule has 0 aliphatic heterocycles. The van der Waals surface area contributed by atoms with Gasteiger partial charge in [-0.05, 0) is 88.4 Å². The van der Waals surface area contributed by atoms with Gasteiger partial charge in [0.25, 0.3) is 0 Å². The Morgan fingerprint density at radius 1 is 0.414 bits per heavy atom. The Bertz CT molecular complexity index is 2050. The number of phenols is 2. The van der Waals surface area contributed by atoms with Gasteiger partial charge in [0.15, 0.2) is 12.7 Å². The molecule has 58 heavy (non-hydrogen) atoms. The lowest BCUT2D eigenvalue weighted by Gasteiger charge is -2.28. The topological polar surface area (TPSA) is 174 Å². The summed E-state index contributed by atoms with van der Waals surface area (Å²) >= 11 is 0. The zero-order valence-electron chi connectivity index (χ0n) is 36.1. The minimum absolute atomic E-state index is 0.0186. The zero-order valence-corrected chi connectivity index (χ0v) is 37.9. The molecule has 0 amide bonds. The van der Waals surface area contributed by atoms with Crippen LogP contribution < -0.4 is 9.47 Å². The lowest BCUT2D eigenvalue weighted by atomic mass is 9.79. The summed E-state index contributed by atoms with van der Waals surface area (Å²) in [5.41, 5.74) is 7.04. The van der Waals surface area contributed by atoms with Crippen molar-refractivity contribution in [1.29, 1.82) is 0 Å².